The number of aryl methyl sites for hydroxylation is 1. The molecule has 0 unspecified atom stereocenters. The second-order valence-electron chi connectivity index (χ2n) is 5.55. The number of aromatic nitrogens is 1. The van der Waals surface area contributed by atoms with E-state index in [1.807, 2.05) is 6.92 Å². The number of amides is 1. The monoisotopic (exact) mass is 324 g/mol. The lowest BCUT2D eigenvalue weighted by Gasteiger charge is -2.26. The number of morpholine rings is 1. The molecule has 0 bridgehead atoms. The molecular formula is C19H17FN2O2. The molecule has 0 aliphatic carbocycles. The first-order valence-electron chi connectivity index (χ1n) is 7.75. The first-order valence-corrected chi connectivity index (χ1v) is 7.75. The summed E-state index contributed by atoms with van der Waals surface area (Å²) in [5, 5.41) is 0. The highest BCUT2D eigenvalue weighted by atomic mass is 19.1. The van der Waals surface area contributed by atoms with Gasteiger partial charge >= 0.3 is 0 Å². The van der Waals surface area contributed by atoms with Crippen LogP contribution >= 0.6 is 0 Å². The van der Waals surface area contributed by atoms with E-state index in [-0.39, 0.29) is 11.7 Å². The van der Waals surface area contributed by atoms with Gasteiger partial charge in [-0.1, -0.05) is 12.0 Å². The summed E-state index contributed by atoms with van der Waals surface area (Å²) in [7, 11) is 0. The molecule has 2 aromatic rings. The first-order chi connectivity index (χ1) is 11.6. The summed E-state index contributed by atoms with van der Waals surface area (Å²) in [4.78, 5) is 18.7. The SMILES string of the molecule is Cc1cc(C(=O)N2CCOCC2)cc(C#Cc2cccc(F)c2)n1. The summed E-state index contributed by atoms with van der Waals surface area (Å²) in [6, 6.07) is 9.50. The first kappa shape index (κ1) is 16.2. The third kappa shape index (κ3) is 3.98. The summed E-state index contributed by atoms with van der Waals surface area (Å²) in [5.74, 6) is 5.41. The van der Waals surface area contributed by atoms with Crippen molar-refractivity contribution in [1.82, 2.24) is 9.88 Å². The van der Waals surface area contributed by atoms with Crippen LogP contribution in [0.4, 0.5) is 4.39 Å². The molecule has 24 heavy (non-hydrogen) atoms. The summed E-state index contributed by atoms with van der Waals surface area (Å²) in [6.07, 6.45) is 0. The van der Waals surface area contributed by atoms with E-state index in [9.17, 15) is 9.18 Å². The lowest BCUT2D eigenvalue weighted by atomic mass is 10.1. The molecule has 1 saturated heterocycles. The maximum Gasteiger partial charge on any atom is 0.254 e. The number of nitrogens with zero attached hydrogens (tertiary/aromatic N) is 2. The fraction of sp³-hybridized carbons (Fsp3) is 0.263. The molecular weight excluding hydrogens is 307 g/mol. The zero-order chi connectivity index (χ0) is 16.9. The maximum atomic E-state index is 13.2. The van der Waals surface area contributed by atoms with Crippen LogP contribution in [0.1, 0.15) is 27.3 Å². The predicted molar refractivity (Wildman–Crippen MR) is 88.1 cm³/mol. The standard InChI is InChI=1S/C19H17FN2O2/c1-14-11-16(19(23)22-7-9-24-10-8-22)13-18(21-14)6-5-15-3-2-4-17(20)12-15/h2-4,11-13H,7-10H2,1H3. The second-order valence-corrected chi connectivity index (χ2v) is 5.55. The Hall–Kier alpha value is -2.71. The van der Waals surface area contributed by atoms with E-state index in [0.29, 0.717) is 43.1 Å². The van der Waals surface area contributed by atoms with E-state index in [1.165, 1.54) is 12.1 Å². The van der Waals surface area contributed by atoms with Gasteiger partial charge in [-0.15, -0.1) is 0 Å². The zero-order valence-electron chi connectivity index (χ0n) is 13.4. The Kier molecular flexibility index (Phi) is 4.88. The fourth-order valence-corrected chi connectivity index (χ4v) is 2.51. The van der Waals surface area contributed by atoms with Gasteiger partial charge in [0.25, 0.3) is 5.91 Å². The molecule has 3 rings (SSSR count). The molecule has 5 heteroatoms. The largest absolute Gasteiger partial charge is 0.378 e. The average molecular weight is 324 g/mol. The Morgan fingerprint density at radius 2 is 2.00 bits per heavy atom. The third-order valence-electron chi connectivity index (χ3n) is 3.66. The van der Waals surface area contributed by atoms with Gasteiger partial charge < -0.3 is 9.64 Å². The molecule has 122 valence electrons. The van der Waals surface area contributed by atoms with Gasteiger partial charge in [0, 0.05) is 29.9 Å². The van der Waals surface area contributed by atoms with Gasteiger partial charge in [0.2, 0.25) is 0 Å². The van der Waals surface area contributed by atoms with Crippen LogP contribution in [0, 0.1) is 24.6 Å². The highest BCUT2D eigenvalue weighted by Gasteiger charge is 2.19. The number of hydrogen-bond acceptors (Lipinski definition) is 3. The highest BCUT2D eigenvalue weighted by molar-refractivity contribution is 5.94. The van der Waals surface area contributed by atoms with E-state index in [0.717, 1.165) is 5.69 Å². The molecule has 2 heterocycles. The van der Waals surface area contributed by atoms with Crippen LogP contribution in [0.5, 0.6) is 0 Å². The second kappa shape index (κ2) is 7.24. The summed E-state index contributed by atoms with van der Waals surface area (Å²) < 4.78 is 18.5. The molecule has 0 N–H and O–H groups in total. The Bertz CT molecular complexity index is 818. The van der Waals surface area contributed by atoms with Crippen LogP contribution in [0.25, 0.3) is 0 Å². The van der Waals surface area contributed by atoms with Gasteiger partial charge in [-0.25, -0.2) is 9.37 Å². The third-order valence-corrected chi connectivity index (χ3v) is 3.66. The lowest BCUT2D eigenvalue weighted by molar-refractivity contribution is 0.0302. The number of pyridine rings is 1. The number of benzene rings is 1. The van der Waals surface area contributed by atoms with E-state index in [2.05, 4.69) is 16.8 Å². The minimum Gasteiger partial charge on any atom is -0.378 e. The molecule has 1 fully saturated rings. The van der Waals surface area contributed by atoms with Crippen molar-refractivity contribution in [3.05, 3.63) is 64.7 Å². The molecule has 0 atom stereocenters. The number of halogens is 1. The van der Waals surface area contributed by atoms with Gasteiger partial charge in [0.1, 0.15) is 11.5 Å². The van der Waals surface area contributed by atoms with Crippen LogP contribution in [-0.4, -0.2) is 42.1 Å². The van der Waals surface area contributed by atoms with Crippen LogP contribution in [-0.2, 0) is 4.74 Å². The minimum absolute atomic E-state index is 0.0439. The maximum absolute atomic E-state index is 13.2. The summed E-state index contributed by atoms with van der Waals surface area (Å²) in [5.41, 5.74) is 2.35. The number of carbonyl (C=O) groups excluding carboxylic acids is 1. The van der Waals surface area contributed by atoms with Gasteiger partial charge in [-0.2, -0.15) is 0 Å². The fourth-order valence-electron chi connectivity index (χ4n) is 2.51. The van der Waals surface area contributed by atoms with Gasteiger partial charge in [-0.05, 0) is 43.2 Å². The van der Waals surface area contributed by atoms with E-state index in [1.54, 1.807) is 29.2 Å². The Balaban J connectivity index is 1.85. The van der Waals surface area contributed by atoms with Gasteiger partial charge in [0.05, 0.1) is 13.2 Å². The normalized spacial score (nSPS) is 14.0. The number of carbonyl (C=O) groups is 1. The Morgan fingerprint density at radius 3 is 2.75 bits per heavy atom. The van der Waals surface area contributed by atoms with Crippen molar-refractivity contribution in [3.8, 4) is 11.8 Å². The Labute approximate surface area is 140 Å². The van der Waals surface area contributed by atoms with Crippen molar-refractivity contribution < 1.29 is 13.9 Å². The van der Waals surface area contributed by atoms with Crippen molar-refractivity contribution in [1.29, 1.82) is 0 Å². The van der Waals surface area contributed by atoms with Crippen molar-refractivity contribution in [2.45, 2.75) is 6.92 Å². The van der Waals surface area contributed by atoms with Crippen LogP contribution in [0.3, 0.4) is 0 Å². The Morgan fingerprint density at radius 1 is 1.21 bits per heavy atom. The number of ether oxygens (including phenoxy) is 1. The van der Waals surface area contributed by atoms with Crippen molar-refractivity contribution in [2.75, 3.05) is 26.3 Å². The molecule has 4 nitrogen and oxygen atoms in total. The van der Waals surface area contributed by atoms with Crippen LogP contribution in [0.2, 0.25) is 0 Å². The summed E-state index contributed by atoms with van der Waals surface area (Å²) in [6.45, 7) is 4.11. The molecule has 0 saturated carbocycles. The summed E-state index contributed by atoms with van der Waals surface area (Å²) >= 11 is 0. The van der Waals surface area contributed by atoms with Crippen molar-refractivity contribution >= 4 is 5.91 Å². The van der Waals surface area contributed by atoms with Gasteiger partial charge in [0.15, 0.2) is 0 Å². The molecule has 0 spiro atoms. The van der Waals surface area contributed by atoms with E-state index >= 15 is 0 Å². The van der Waals surface area contributed by atoms with E-state index < -0.39 is 0 Å². The molecule has 0 radical (unpaired) electrons. The smallest absolute Gasteiger partial charge is 0.254 e. The van der Waals surface area contributed by atoms with Gasteiger partial charge in [-0.3, -0.25) is 4.79 Å². The molecule has 1 amide bonds. The van der Waals surface area contributed by atoms with Crippen molar-refractivity contribution in [2.24, 2.45) is 0 Å². The molecule has 1 aliphatic heterocycles. The average Bonchev–Trinajstić information content (AvgIpc) is 2.60. The lowest BCUT2D eigenvalue weighted by Crippen LogP contribution is -2.40. The van der Waals surface area contributed by atoms with Crippen LogP contribution < -0.4 is 0 Å². The van der Waals surface area contributed by atoms with E-state index in [4.69, 9.17) is 4.74 Å². The minimum atomic E-state index is -0.331. The quantitative estimate of drug-likeness (QED) is 0.757. The molecule has 1 aromatic heterocycles. The highest BCUT2D eigenvalue weighted by Crippen LogP contribution is 2.11. The number of rotatable bonds is 1. The molecule has 1 aliphatic rings. The van der Waals surface area contributed by atoms with Crippen LogP contribution in [0.15, 0.2) is 36.4 Å². The molecule has 1 aromatic carbocycles. The topological polar surface area (TPSA) is 42.4 Å². The number of hydrogen-bond donors (Lipinski definition) is 0. The van der Waals surface area contributed by atoms with Crippen molar-refractivity contribution in [3.63, 3.8) is 0 Å². The predicted octanol–water partition coefficient (Wildman–Crippen LogP) is 2.40. The zero-order valence-corrected chi connectivity index (χ0v) is 13.4.